The molecule has 1 fully saturated rings. The van der Waals surface area contributed by atoms with Gasteiger partial charge in [-0.15, -0.1) is 0 Å². The van der Waals surface area contributed by atoms with Gasteiger partial charge in [0.2, 0.25) is 0 Å². The van der Waals surface area contributed by atoms with Gasteiger partial charge in [0.1, 0.15) is 0 Å². The molecule has 0 spiro atoms. The fraction of sp³-hybridized carbons (Fsp3) is 0.417. The second kappa shape index (κ2) is 6.62. The minimum Gasteiger partial charge on any atom is -0.323 e. The van der Waals surface area contributed by atoms with E-state index in [9.17, 15) is 18.0 Å². The average Bonchev–Trinajstić information content (AvgIpc) is 2.40. The van der Waals surface area contributed by atoms with Gasteiger partial charge in [-0.1, -0.05) is 0 Å². The highest BCUT2D eigenvalue weighted by atomic mass is 32.2. The van der Waals surface area contributed by atoms with Gasteiger partial charge in [-0.3, -0.25) is 0 Å². The number of amides is 2. The Bertz CT molecular complexity index is 459. The van der Waals surface area contributed by atoms with Crippen molar-refractivity contribution in [1.82, 2.24) is 4.90 Å². The molecule has 0 saturated carbocycles. The Hall–Kier alpha value is -1.02. The molecule has 110 valence electrons. The minimum absolute atomic E-state index is 0.102. The number of urea groups is 1. The summed E-state index contributed by atoms with van der Waals surface area (Å²) >= 11 is 1.63. The molecule has 0 unspecified atom stereocenters. The van der Waals surface area contributed by atoms with Crippen molar-refractivity contribution in [2.45, 2.75) is 10.4 Å². The molecule has 0 bridgehead atoms. The first-order valence-corrected chi connectivity index (χ1v) is 7.91. The highest BCUT2D eigenvalue weighted by Gasteiger charge is 2.29. The number of anilines is 1. The molecule has 1 aromatic carbocycles. The van der Waals surface area contributed by atoms with Gasteiger partial charge in [-0.2, -0.15) is 24.9 Å². The van der Waals surface area contributed by atoms with E-state index in [1.54, 1.807) is 16.7 Å². The van der Waals surface area contributed by atoms with Crippen LogP contribution < -0.4 is 5.32 Å². The largest absolute Gasteiger partial charge is 0.446 e. The van der Waals surface area contributed by atoms with E-state index in [-0.39, 0.29) is 22.7 Å². The third-order valence-corrected chi connectivity index (χ3v) is 4.32. The van der Waals surface area contributed by atoms with Crippen molar-refractivity contribution < 1.29 is 18.0 Å². The molecular formula is C12H13F3N2OS2. The number of nitrogens with one attached hydrogen (secondary N) is 1. The summed E-state index contributed by atoms with van der Waals surface area (Å²) in [5.41, 5.74) is -3.80. The molecule has 0 aliphatic carbocycles. The first-order chi connectivity index (χ1) is 9.44. The molecule has 1 saturated heterocycles. The predicted octanol–water partition coefficient (Wildman–Crippen LogP) is 3.88. The molecule has 20 heavy (non-hydrogen) atoms. The molecule has 1 aliphatic rings. The zero-order valence-electron chi connectivity index (χ0n) is 10.4. The van der Waals surface area contributed by atoms with Gasteiger partial charge < -0.3 is 10.2 Å². The minimum atomic E-state index is -4.30. The van der Waals surface area contributed by atoms with Crippen LogP contribution in [0.4, 0.5) is 23.7 Å². The van der Waals surface area contributed by atoms with Crippen molar-refractivity contribution in [2.75, 3.05) is 29.9 Å². The van der Waals surface area contributed by atoms with Gasteiger partial charge in [-0.25, -0.2) is 4.79 Å². The van der Waals surface area contributed by atoms with E-state index >= 15 is 0 Å². The highest BCUT2D eigenvalue weighted by molar-refractivity contribution is 8.00. The quantitative estimate of drug-likeness (QED) is 0.839. The van der Waals surface area contributed by atoms with E-state index in [0.717, 1.165) is 11.5 Å². The van der Waals surface area contributed by atoms with Crippen LogP contribution in [0.2, 0.25) is 0 Å². The molecule has 0 radical (unpaired) electrons. The molecule has 3 nitrogen and oxygen atoms in total. The third kappa shape index (κ3) is 4.82. The van der Waals surface area contributed by atoms with Crippen molar-refractivity contribution in [3.05, 3.63) is 24.3 Å². The summed E-state index contributed by atoms with van der Waals surface area (Å²) in [5.74, 6) is 1.82. The summed E-state index contributed by atoms with van der Waals surface area (Å²) < 4.78 is 36.5. The van der Waals surface area contributed by atoms with Gasteiger partial charge in [-0.05, 0) is 36.0 Å². The Kier molecular flexibility index (Phi) is 5.09. The molecule has 1 heterocycles. The zero-order valence-corrected chi connectivity index (χ0v) is 12.1. The first-order valence-electron chi connectivity index (χ1n) is 5.93. The number of thioether (sulfide) groups is 2. The molecule has 1 aromatic rings. The van der Waals surface area contributed by atoms with Crippen LogP contribution in [0.1, 0.15) is 0 Å². The summed E-state index contributed by atoms with van der Waals surface area (Å²) in [6.45, 7) is 1.39. The van der Waals surface area contributed by atoms with Crippen LogP contribution in [-0.2, 0) is 0 Å². The second-order valence-corrected chi connectivity index (χ2v) is 6.46. The lowest BCUT2D eigenvalue weighted by Gasteiger charge is -2.26. The van der Waals surface area contributed by atoms with Gasteiger partial charge in [0.05, 0.1) is 0 Å². The summed E-state index contributed by atoms with van der Waals surface area (Å²) in [4.78, 5) is 13.7. The lowest BCUT2D eigenvalue weighted by molar-refractivity contribution is -0.0328. The van der Waals surface area contributed by atoms with Crippen molar-refractivity contribution >= 4 is 35.2 Å². The third-order valence-electron chi connectivity index (χ3n) is 2.64. The van der Waals surface area contributed by atoms with E-state index in [4.69, 9.17) is 0 Å². The van der Waals surface area contributed by atoms with Crippen LogP contribution in [0.5, 0.6) is 0 Å². The van der Waals surface area contributed by atoms with Gasteiger partial charge in [0.15, 0.2) is 0 Å². The van der Waals surface area contributed by atoms with Crippen molar-refractivity contribution in [3.8, 4) is 0 Å². The SMILES string of the molecule is O=C(Nc1ccc(SC(F)(F)F)cc1)N1CCSCC1. The van der Waals surface area contributed by atoms with Crippen LogP contribution in [0.3, 0.4) is 0 Å². The highest BCUT2D eigenvalue weighted by Crippen LogP contribution is 2.37. The number of carbonyl (C=O) groups is 1. The smallest absolute Gasteiger partial charge is 0.323 e. The van der Waals surface area contributed by atoms with Crippen LogP contribution >= 0.6 is 23.5 Å². The molecule has 2 amide bonds. The first kappa shape index (κ1) is 15.4. The number of benzene rings is 1. The Morgan fingerprint density at radius 3 is 2.35 bits per heavy atom. The van der Waals surface area contributed by atoms with Crippen molar-refractivity contribution in [2.24, 2.45) is 0 Å². The van der Waals surface area contributed by atoms with E-state index in [1.807, 2.05) is 0 Å². The van der Waals surface area contributed by atoms with Crippen molar-refractivity contribution in [1.29, 1.82) is 0 Å². The number of hydrogen-bond donors (Lipinski definition) is 1. The van der Waals surface area contributed by atoms with Crippen LogP contribution in [0, 0.1) is 0 Å². The summed E-state index contributed by atoms with van der Waals surface area (Å²) in [5, 5.41) is 2.69. The Balaban J connectivity index is 1.91. The standard InChI is InChI=1S/C12H13F3N2OS2/c13-12(14,15)20-10-3-1-9(2-4-10)16-11(18)17-5-7-19-8-6-17/h1-4H,5-8H2,(H,16,18). The molecule has 1 aliphatic heterocycles. The van der Waals surface area contributed by atoms with E-state index < -0.39 is 5.51 Å². The van der Waals surface area contributed by atoms with E-state index in [1.165, 1.54) is 24.3 Å². The summed E-state index contributed by atoms with van der Waals surface area (Å²) in [6, 6.07) is 5.44. The number of halogens is 3. The molecule has 0 atom stereocenters. The number of nitrogens with zero attached hydrogens (tertiary/aromatic N) is 1. The maximum atomic E-state index is 12.2. The number of rotatable bonds is 2. The number of hydrogen-bond acceptors (Lipinski definition) is 3. The maximum absolute atomic E-state index is 12.2. The lowest BCUT2D eigenvalue weighted by Crippen LogP contribution is -2.40. The second-order valence-electron chi connectivity index (χ2n) is 4.10. The van der Waals surface area contributed by atoms with E-state index in [2.05, 4.69) is 5.32 Å². The number of carbonyl (C=O) groups excluding carboxylic acids is 1. The van der Waals surface area contributed by atoms with Gasteiger partial charge in [0.25, 0.3) is 0 Å². The van der Waals surface area contributed by atoms with Crippen molar-refractivity contribution in [3.63, 3.8) is 0 Å². The van der Waals surface area contributed by atoms with Gasteiger partial charge in [0, 0.05) is 35.2 Å². The summed E-state index contributed by atoms with van der Waals surface area (Å²) in [7, 11) is 0. The molecule has 2 rings (SSSR count). The topological polar surface area (TPSA) is 32.3 Å². The van der Waals surface area contributed by atoms with Crippen LogP contribution in [0.25, 0.3) is 0 Å². The molecule has 8 heteroatoms. The fourth-order valence-electron chi connectivity index (χ4n) is 1.71. The lowest BCUT2D eigenvalue weighted by atomic mass is 10.3. The maximum Gasteiger partial charge on any atom is 0.446 e. The normalized spacial score (nSPS) is 16.1. The monoisotopic (exact) mass is 322 g/mol. The zero-order chi connectivity index (χ0) is 14.6. The predicted molar refractivity (Wildman–Crippen MR) is 76.3 cm³/mol. The molecule has 0 aromatic heterocycles. The Labute approximate surface area is 123 Å². The fourth-order valence-corrected chi connectivity index (χ4v) is 3.15. The summed E-state index contributed by atoms with van der Waals surface area (Å²) in [6.07, 6.45) is 0. The number of alkyl halides is 3. The van der Waals surface area contributed by atoms with Crippen LogP contribution in [-0.4, -0.2) is 41.0 Å². The Morgan fingerprint density at radius 2 is 1.80 bits per heavy atom. The van der Waals surface area contributed by atoms with E-state index in [0.29, 0.717) is 18.8 Å². The molecular weight excluding hydrogens is 309 g/mol. The Morgan fingerprint density at radius 1 is 1.20 bits per heavy atom. The average molecular weight is 322 g/mol. The van der Waals surface area contributed by atoms with Gasteiger partial charge >= 0.3 is 11.5 Å². The van der Waals surface area contributed by atoms with Crippen LogP contribution in [0.15, 0.2) is 29.2 Å². The molecule has 1 N–H and O–H groups in total.